The number of aromatic nitrogens is 2. The Morgan fingerprint density at radius 3 is 2.79 bits per heavy atom. The quantitative estimate of drug-likeness (QED) is 0.413. The van der Waals surface area contributed by atoms with Gasteiger partial charge < -0.3 is 10.1 Å². The van der Waals surface area contributed by atoms with Gasteiger partial charge in [-0.1, -0.05) is 24.8 Å². The van der Waals surface area contributed by atoms with Crippen LogP contribution in [-0.4, -0.2) is 54.5 Å². The molecule has 0 spiro atoms. The van der Waals surface area contributed by atoms with Gasteiger partial charge in [-0.2, -0.15) is 8.78 Å². The third-order valence-electron chi connectivity index (χ3n) is 6.07. The Morgan fingerprint density at radius 2 is 2.15 bits per heavy atom. The smallest absolute Gasteiger partial charge is 0.387 e. The Morgan fingerprint density at radius 1 is 1.32 bits per heavy atom. The lowest BCUT2D eigenvalue weighted by Gasteiger charge is -2.25. The second-order valence-corrected chi connectivity index (χ2v) is 8.55. The van der Waals surface area contributed by atoms with Gasteiger partial charge in [0.2, 0.25) is 0 Å². The van der Waals surface area contributed by atoms with Crippen molar-refractivity contribution in [1.29, 1.82) is 0 Å². The number of ether oxygens (including phenoxy) is 1. The fraction of sp³-hybridized carbons (Fsp3) is 0.385. The van der Waals surface area contributed by atoms with Crippen LogP contribution in [0.4, 0.5) is 8.78 Å². The van der Waals surface area contributed by atoms with Crippen LogP contribution in [0.1, 0.15) is 47.6 Å². The third kappa shape index (κ3) is 4.81. The van der Waals surface area contributed by atoms with E-state index in [1.54, 1.807) is 10.6 Å². The maximum atomic E-state index is 13.3. The minimum absolute atomic E-state index is 0.0812. The monoisotopic (exact) mass is 466 g/mol. The van der Waals surface area contributed by atoms with E-state index in [2.05, 4.69) is 17.2 Å². The van der Waals surface area contributed by atoms with E-state index in [0.29, 0.717) is 29.1 Å². The molecule has 2 aromatic carbocycles. The van der Waals surface area contributed by atoms with Gasteiger partial charge in [0, 0.05) is 23.6 Å². The Bertz CT molecular complexity index is 1240. The van der Waals surface area contributed by atoms with Crippen LogP contribution in [0.3, 0.4) is 0 Å². The zero-order valence-electron chi connectivity index (χ0n) is 19.5. The lowest BCUT2D eigenvalue weighted by molar-refractivity contribution is -0.0498. The summed E-state index contributed by atoms with van der Waals surface area (Å²) in [4.78, 5) is 18.9. The summed E-state index contributed by atoms with van der Waals surface area (Å²) in [5.41, 5.74) is 2.65. The van der Waals surface area contributed by atoms with E-state index in [1.807, 2.05) is 44.1 Å². The molecule has 1 N–H and O–H groups in total. The van der Waals surface area contributed by atoms with Gasteiger partial charge in [0.1, 0.15) is 11.5 Å². The van der Waals surface area contributed by atoms with E-state index in [9.17, 15) is 13.6 Å². The molecule has 178 valence electrons. The van der Waals surface area contributed by atoms with E-state index in [-0.39, 0.29) is 23.0 Å². The molecule has 2 unspecified atom stereocenters. The topological polar surface area (TPSA) is 59.4 Å². The van der Waals surface area contributed by atoms with Crippen molar-refractivity contribution in [2.45, 2.75) is 32.4 Å². The zero-order chi connectivity index (χ0) is 24.2. The molecular weight excluding hydrogens is 438 g/mol. The highest BCUT2D eigenvalue weighted by Gasteiger charge is 2.26. The summed E-state index contributed by atoms with van der Waals surface area (Å²) in [6.45, 7) is 0.839. The first-order valence-corrected chi connectivity index (χ1v) is 11.4. The number of carbonyl (C=O) groups excluding carboxylic acids is 1. The Balaban J connectivity index is 1.98. The lowest BCUT2D eigenvalue weighted by atomic mass is 10.1. The number of halogens is 2. The summed E-state index contributed by atoms with van der Waals surface area (Å²) >= 11 is 0. The molecular formula is C26H28F2N4O2. The number of imidazole rings is 1. The molecule has 0 radical (unpaired) electrons. The van der Waals surface area contributed by atoms with Crippen LogP contribution < -0.4 is 10.1 Å². The van der Waals surface area contributed by atoms with Crippen LogP contribution in [0.25, 0.3) is 16.7 Å². The minimum atomic E-state index is -3.03. The summed E-state index contributed by atoms with van der Waals surface area (Å²) in [6.07, 6.45) is 2.39. The lowest BCUT2D eigenvalue weighted by Crippen LogP contribution is -2.23. The third-order valence-corrected chi connectivity index (χ3v) is 6.07. The number of rotatable bonds is 7. The SMILES string of the molecule is CCC(c1nc2ccc(C#CC3CCNC3)cc2n1-c1c(C=O)cccc1OC(F)F)N(C)C. The van der Waals surface area contributed by atoms with Gasteiger partial charge in [-0.25, -0.2) is 4.98 Å². The van der Waals surface area contributed by atoms with Crippen LogP contribution in [0.2, 0.25) is 0 Å². The summed E-state index contributed by atoms with van der Waals surface area (Å²) in [5, 5.41) is 3.31. The van der Waals surface area contributed by atoms with Gasteiger partial charge in [-0.15, -0.1) is 0 Å². The Labute approximate surface area is 197 Å². The van der Waals surface area contributed by atoms with Crippen molar-refractivity contribution >= 4 is 17.3 Å². The molecule has 3 aromatic rings. The van der Waals surface area contributed by atoms with Gasteiger partial charge in [0.25, 0.3) is 0 Å². The van der Waals surface area contributed by atoms with Crippen LogP contribution in [-0.2, 0) is 0 Å². The molecule has 6 nitrogen and oxygen atoms in total. The van der Waals surface area contributed by atoms with Gasteiger partial charge >= 0.3 is 6.61 Å². The number of aldehydes is 1. The van der Waals surface area contributed by atoms with E-state index in [4.69, 9.17) is 9.72 Å². The van der Waals surface area contributed by atoms with Crippen molar-refractivity contribution in [3.63, 3.8) is 0 Å². The summed E-state index contributed by atoms with van der Waals surface area (Å²) in [5.74, 6) is 7.42. The van der Waals surface area contributed by atoms with Gasteiger partial charge in [0.15, 0.2) is 12.0 Å². The molecule has 0 amide bonds. The molecule has 1 aliphatic heterocycles. The molecule has 1 aromatic heterocycles. The number of fused-ring (bicyclic) bond motifs is 1. The van der Waals surface area contributed by atoms with Crippen molar-refractivity contribution in [3.8, 4) is 23.3 Å². The molecule has 1 aliphatic rings. The van der Waals surface area contributed by atoms with Crippen molar-refractivity contribution in [2.24, 2.45) is 5.92 Å². The van der Waals surface area contributed by atoms with Gasteiger partial charge in [0.05, 0.1) is 17.1 Å². The Kier molecular flexibility index (Phi) is 7.25. The predicted octanol–water partition coefficient (Wildman–Crippen LogP) is 4.41. The molecule has 1 saturated heterocycles. The molecule has 8 heteroatoms. The number of benzene rings is 2. The fourth-order valence-corrected chi connectivity index (χ4v) is 4.44. The molecule has 34 heavy (non-hydrogen) atoms. The standard InChI is InChI=1S/C26H28F2N4O2/c1-4-21(31(2)3)25-30-20-11-10-17(8-9-18-12-13-29-15-18)14-22(20)32(25)24-19(16-33)6-5-7-23(24)34-26(27)28/h5-7,10-11,14,16,18,21,26,29H,4,12-13,15H2,1-3H3. The van der Waals surface area contributed by atoms with Crippen molar-refractivity contribution in [2.75, 3.05) is 27.2 Å². The molecule has 2 atom stereocenters. The number of carbonyl (C=O) groups is 1. The van der Waals surface area contributed by atoms with E-state index in [1.165, 1.54) is 12.1 Å². The van der Waals surface area contributed by atoms with Crippen LogP contribution in [0.15, 0.2) is 36.4 Å². The molecule has 0 aliphatic carbocycles. The Hall–Kier alpha value is -3.28. The van der Waals surface area contributed by atoms with E-state index >= 15 is 0 Å². The summed E-state index contributed by atoms with van der Waals surface area (Å²) in [7, 11) is 3.87. The van der Waals surface area contributed by atoms with Crippen molar-refractivity contribution < 1.29 is 18.3 Å². The maximum absolute atomic E-state index is 13.3. The minimum Gasteiger partial charge on any atom is -0.433 e. The average Bonchev–Trinajstić information content (AvgIpc) is 3.45. The number of nitrogens with one attached hydrogen (secondary N) is 1. The first-order valence-electron chi connectivity index (χ1n) is 11.4. The number of hydrogen-bond acceptors (Lipinski definition) is 5. The van der Waals surface area contributed by atoms with Crippen LogP contribution >= 0.6 is 0 Å². The van der Waals surface area contributed by atoms with Crippen molar-refractivity contribution in [1.82, 2.24) is 19.8 Å². The largest absolute Gasteiger partial charge is 0.433 e. The molecule has 2 heterocycles. The fourth-order valence-electron chi connectivity index (χ4n) is 4.44. The molecule has 1 fully saturated rings. The number of nitrogens with zero attached hydrogens (tertiary/aromatic N) is 3. The first kappa shape index (κ1) is 23.9. The number of para-hydroxylation sites is 1. The molecule has 4 rings (SSSR count). The van der Waals surface area contributed by atoms with Gasteiger partial charge in [-0.3, -0.25) is 14.3 Å². The normalized spacial score (nSPS) is 16.6. The van der Waals surface area contributed by atoms with E-state index < -0.39 is 6.61 Å². The van der Waals surface area contributed by atoms with Crippen LogP contribution in [0.5, 0.6) is 5.75 Å². The average molecular weight is 467 g/mol. The highest BCUT2D eigenvalue weighted by molar-refractivity contribution is 5.87. The number of hydrogen-bond donors (Lipinski definition) is 1. The highest BCUT2D eigenvalue weighted by atomic mass is 19.3. The second-order valence-electron chi connectivity index (χ2n) is 8.55. The second kappa shape index (κ2) is 10.3. The molecule has 0 bridgehead atoms. The maximum Gasteiger partial charge on any atom is 0.387 e. The van der Waals surface area contributed by atoms with Crippen LogP contribution in [0, 0.1) is 17.8 Å². The summed E-state index contributed by atoms with van der Waals surface area (Å²) < 4.78 is 33.2. The van der Waals surface area contributed by atoms with Crippen molar-refractivity contribution in [3.05, 3.63) is 53.3 Å². The van der Waals surface area contributed by atoms with E-state index in [0.717, 1.165) is 31.5 Å². The summed E-state index contributed by atoms with van der Waals surface area (Å²) in [6, 6.07) is 10.1. The number of alkyl halides is 2. The predicted molar refractivity (Wildman–Crippen MR) is 128 cm³/mol. The highest BCUT2D eigenvalue weighted by Crippen LogP contribution is 2.36. The van der Waals surface area contributed by atoms with Gasteiger partial charge in [-0.05, 0) is 63.8 Å². The molecule has 0 saturated carbocycles. The first-order chi connectivity index (χ1) is 16.4. The zero-order valence-corrected chi connectivity index (χ0v) is 19.5.